The average molecular weight is 455 g/mol. The molecule has 0 aromatic heterocycles. The van der Waals surface area contributed by atoms with E-state index in [0.717, 1.165) is 24.2 Å². The number of hydrogen-bond acceptors (Lipinski definition) is 1. The molecule has 4 fully saturated rings. The maximum absolute atomic E-state index is 11.3. The van der Waals surface area contributed by atoms with Crippen molar-refractivity contribution in [1.29, 1.82) is 0 Å². The molecule has 0 amide bonds. The van der Waals surface area contributed by atoms with E-state index in [1.807, 2.05) is 5.57 Å². The summed E-state index contributed by atoms with van der Waals surface area (Å²) >= 11 is 0. The van der Waals surface area contributed by atoms with E-state index in [1.54, 1.807) is 0 Å². The molecule has 0 aliphatic heterocycles. The van der Waals surface area contributed by atoms with E-state index in [2.05, 4.69) is 75.3 Å². The zero-order valence-corrected chi connectivity index (χ0v) is 23.6. The predicted molar refractivity (Wildman–Crippen MR) is 140 cm³/mol. The first kappa shape index (κ1) is 24.4. The number of allylic oxidation sites excluding steroid dienone is 2. The molecular formula is C32H54O. The molecule has 0 heterocycles. The van der Waals surface area contributed by atoms with Crippen LogP contribution in [-0.2, 0) is 0 Å². The van der Waals surface area contributed by atoms with Crippen LogP contribution in [0.2, 0.25) is 0 Å². The lowest BCUT2D eigenvalue weighted by atomic mass is 9.32. The maximum atomic E-state index is 11.3. The number of aliphatic hydroxyl groups excluding tert-OH is 1. The number of rotatable bonds is 0. The molecule has 0 spiro atoms. The van der Waals surface area contributed by atoms with Gasteiger partial charge in [-0.1, -0.05) is 80.9 Å². The van der Waals surface area contributed by atoms with Crippen molar-refractivity contribution in [3.05, 3.63) is 11.6 Å². The molecule has 0 saturated heterocycles. The molecule has 0 radical (unpaired) electrons. The molecule has 3 unspecified atom stereocenters. The van der Waals surface area contributed by atoms with Gasteiger partial charge in [0.05, 0.1) is 6.10 Å². The smallest absolute Gasteiger partial charge is 0.0576 e. The maximum Gasteiger partial charge on any atom is 0.0576 e. The molecule has 5 rings (SSSR count). The topological polar surface area (TPSA) is 20.2 Å². The fourth-order valence-corrected chi connectivity index (χ4v) is 11.3. The van der Waals surface area contributed by atoms with Crippen molar-refractivity contribution in [2.45, 2.75) is 127 Å². The zero-order chi connectivity index (χ0) is 24.4. The summed E-state index contributed by atoms with van der Waals surface area (Å²) in [6, 6.07) is 0. The lowest BCUT2D eigenvalue weighted by molar-refractivity contribution is -0.217. The number of fused-ring (bicyclic) bond motifs is 7. The fraction of sp³-hybridized carbons (Fsp3) is 0.938. The van der Waals surface area contributed by atoms with E-state index < -0.39 is 0 Å². The summed E-state index contributed by atoms with van der Waals surface area (Å²) in [4.78, 5) is 0. The van der Waals surface area contributed by atoms with Gasteiger partial charge < -0.3 is 5.11 Å². The summed E-state index contributed by atoms with van der Waals surface area (Å²) in [6.45, 7) is 25.5. The van der Waals surface area contributed by atoms with E-state index in [1.165, 1.54) is 44.9 Å². The molecule has 188 valence electrons. The molecule has 33 heavy (non-hydrogen) atoms. The average Bonchev–Trinajstić information content (AvgIpc) is 2.69. The number of hydrogen-bond donors (Lipinski definition) is 1. The van der Waals surface area contributed by atoms with Gasteiger partial charge in [0, 0.05) is 0 Å². The fourth-order valence-electron chi connectivity index (χ4n) is 11.3. The summed E-state index contributed by atoms with van der Waals surface area (Å²) in [7, 11) is 0. The van der Waals surface area contributed by atoms with Crippen molar-refractivity contribution in [2.24, 2.45) is 62.1 Å². The molecule has 5 aliphatic rings. The molecule has 0 aromatic carbocycles. The van der Waals surface area contributed by atoms with E-state index in [-0.39, 0.29) is 16.9 Å². The Kier molecular flexibility index (Phi) is 5.12. The van der Waals surface area contributed by atoms with Crippen LogP contribution in [0.15, 0.2) is 11.6 Å². The first-order valence-corrected chi connectivity index (χ1v) is 14.4. The lowest BCUT2D eigenvalue weighted by Gasteiger charge is -2.72. The third kappa shape index (κ3) is 2.93. The van der Waals surface area contributed by atoms with Crippen LogP contribution in [0.25, 0.3) is 0 Å². The van der Waals surface area contributed by atoms with Gasteiger partial charge in [-0.05, 0) is 113 Å². The van der Waals surface area contributed by atoms with Crippen LogP contribution >= 0.6 is 0 Å². The van der Waals surface area contributed by atoms with Gasteiger partial charge in [0.2, 0.25) is 0 Å². The van der Waals surface area contributed by atoms with E-state index >= 15 is 0 Å². The van der Waals surface area contributed by atoms with Gasteiger partial charge in [-0.2, -0.15) is 0 Å². The van der Waals surface area contributed by atoms with Crippen LogP contribution in [0.1, 0.15) is 121 Å². The molecule has 4 saturated carbocycles. The van der Waals surface area contributed by atoms with Crippen LogP contribution in [0.5, 0.6) is 0 Å². The van der Waals surface area contributed by atoms with E-state index in [4.69, 9.17) is 0 Å². The van der Waals surface area contributed by atoms with Crippen molar-refractivity contribution in [1.82, 2.24) is 0 Å². The monoisotopic (exact) mass is 454 g/mol. The Morgan fingerprint density at radius 3 is 2.12 bits per heavy atom. The SMILES string of the molecule is C[C@@H]1C[C@]2(C)C(=CCC3[C@@]4(C)C[C@H](O)[C@H](C)C(C)(C)C4CC[C@]32C)C2CC(C)(C)CC[C@@]21C. The van der Waals surface area contributed by atoms with Gasteiger partial charge in [-0.3, -0.25) is 0 Å². The minimum absolute atomic E-state index is 0.158. The van der Waals surface area contributed by atoms with Gasteiger partial charge in [-0.15, -0.1) is 0 Å². The first-order valence-electron chi connectivity index (χ1n) is 14.4. The largest absolute Gasteiger partial charge is 0.393 e. The summed E-state index contributed by atoms with van der Waals surface area (Å²) in [5.41, 5.74) is 3.91. The molecule has 10 atom stereocenters. The highest BCUT2D eigenvalue weighted by atomic mass is 16.3. The Bertz CT molecular complexity index is 851. The molecule has 5 aliphatic carbocycles. The second-order valence-electron chi connectivity index (χ2n) is 16.2. The normalized spacial score (nSPS) is 57.1. The van der Waals surface area contributed by atoms with Gasteiger partial charge in [0.15, 0.2) is 0 Å². The standard InChI is InChI=1S/C32H54O/c1-20-17-32(10)22(23-18-27(3,4)15-16-29(20,23)7)11-12-26-30(8)19-24(33)21(2)28(5,6)25(30)13-14-31(26,32)9/h11,20-21,23-26,33H,12-19H2,1-10H3/t20-,21+,23?,24+,25?,26?,29-,30+,31-,32-/m1/s1. The molecule has 0 aromatic rings. The van der Waals surface area contributed by atoms with Crippen molar-refractivity contribution in [2.75, 3.05) is 0 Å². The number of aliphatic hydroxyl groups is 1. The lowest BCUT2D eigenvalue weighted by Crippen LogP contribution is -2.66. The molecule has 1 N–H and O–H groups in total. The Balaban J connectivity index is 1.61. The van der Waals surface area contributed by atoms with Gasteiger partial charge in [-0.25, -0.2) is 0 Å². The summed E-state index contributed by atoms with van der Waals surface area (Å²) < 4.78 is 0. The molecule has 1 nitrogen and oxygen atoms in total. The van der Waals surface area contributed by atoms with Gasteiger partial charge in [0.1, 0.15) is 0 Å². The zero-order valence-electron chi connectivity index (χ0n) is 23.6. The van der Waals surface area contributed by atoms with E-state index in [9.17, 15) is 5.11 Å². The highest BCUT2D eigenvalue weighted by molar-refractivity contribution is 5.34. The summed E-state index contributed by atoms with van der Waals surface area (Å²) in [5.74, 6) is 3.35. The Morgan fingerprint density at radius 2 is 1.45 bits per heavy atom. The Morgan fingerprint density at radius 1 is 0.788 bits per heavy atom. The Hall–Kier alpha value is -0.300. The second kappa shape index (κ2) is 6.92. The third-order valence-corrected chi connectivity index (χ3v) is 14.2. The van der Waals surface area contributed by atoms with Crippen LogP contribution in [-0.4, -0.2) is 11.2 Å². The van der Waals surface area contributed by atoms with Crippen LogP contribution in [0, 0.1) is 62.1 Å². The summed E-state index contributed by atoms with van der Waals surface area (Å²) in [5, 5.41) is 11.3. The minimum atomic E-state index is -0.158. The van der Waals surface area contributed by atoms with Gasteiger partial charge >= 0.3 is 0 Å². The van der Waals surface area contributed by atoms with Crippen molar-refractivity contribution >= 4 is 0 Å². The third-order valence-electron chi connectivity index (χ3n) is 14.2. The first-order chi connectivity index (χ1) is 15.0. The summed E-state index contributed by atoms with van der Waals surface area (Å²) in [6.07, 6.45) is 13.1. The van der Waals surface area contributed by atoms with Crippen molar-refractivity contribution in [3.8, 4) is 0 Å². The predicted octanol–water partition coefficient (Wildman–Crippen LogP) is 8.66. The Labute approximate surface area is 205 Å². The minimum Gasteiger partial charge on any atom is -0.393 e. The van der Waals surface area contributed by atoms with Gasteiger partial charge in [0.25, 0.3) is 0 Å². The quantitative estimate of drug-likeness (QED) is 0.363. The molecule has 1 heteroatoms. The van der Waals surface area contributed by atoms with Crippen molar-refractivity contribution in [3.63, 3.8) is 0 Å². The molecule has 0 bridgehead atoms. The van der Waals surface area contributed by atoms with Crippen LogP contribution < -0.4 is 0 Å². The van der Waals surface area contributed by atoms with Crippen molar-refractivity contribution < 1.29 is 5.11 Å². The van der Waals surface area contributed by atoms with Crippen LogP contribution in [0.4, 0.5) is 0 Å². The van der Waals surface area contributed by atoms with Crippen LogP contribution in [0.3, 0.4) is 0 Å². The highest BCUT2D eigenvalue weighted by Crippen LogP contribution is 2.76. The highest BCUT2D eigenvalue weighted by Gasteiger charge is 2.69. The second-order valence-corrected chi connectivity index (χ2v) is 16.2. The molecular weight excluding hydrogens is 400 g/mol. The van der Waals surface area contributed by atoms with E-state index in [0.29, 0.717) is 33.5 Å².